The molecule has 1 N–H and O–H groups in total. The van der Waals surface area contributed by atoms with Crippen LogP contribution in [0.15, 0.2) is 0 Å². The second kappa shape index (κ2) is 5.99. The van der Waals surface area contributed by atoms with Gasteiger partial charge in [0.05, 0.1) is 0 Å². The first kappa shape index (κ1) is 12.9. The molecule has 60 valence electrons. The van der Waals surface area contributed by atoms with Crippen LogP contribution in [0.4, 0.5) is 0 Å². The van der Waals surface area contributed by atoms with Crippen LogP contribution in [-0.4, -0.2) is 23.8 Å². The van der Waals surface area contributed by atoms with Gasteiger partial charge in [-0.3, -0.25) is 0 Å². The van der Waals surface area contributed by atoms with Gasteiger partial charge in [0.1, 0.15) is 0 Å². The summed E-state index contributed by atoms with van der Waals surface area (Å²) < 4.78 is 4.81. The zero-order valence-corrected chi connectivity index (χ0v) is 7.37. The fraction of sp³-hybridized carbons (Fsp3) is 0.800. The van der Waals surface area contributed by atoms with Crippen LogP contribution >= 0.6 is 12.4 Å². The van der Waals surface area contributed by atoms with Gasteiger partial charge < -0.3 is 9.84 Å². The van der Waals surface area contributed by atoms with Crippen molar-refractivity contribution in [3.05, 3.63) is 0 Å². The van der Waals surface area contributed by atoms with Crippen LogP contribution in [0.5, 0.6) is 0 Å². The molecule has 0 spiro atoms. The monoisotopic (exact) mass is 204 g/mol. The molecular formula is C5H9ClCrO3. The minimum absolute atomic E-state index is 0. The smallest absolute Gasteiger partial charge is 0.332 e. The Labute approximate surface area is 76.3 Å². The van der Waals surface area contributed by atoms with Crippen molar-refractivity contribution < 1.29 is 32.0 Å². The molecule has 10 heavy (non-hydrogen) atoms. The van der Waals surface area contributed by atoms with E-state index in [1.165, 1.54) is 0 Å². The molecule has 0 aromatic heterocycles. The van der Waals surface area contributed by atoms with Crippen LogP contribution in [0.1, 0.15) is 12.8 Å². The first-order valence-electron chi connectivity index (χ1n) is 2.65. The Morgan fingerprint density at radius 2 is 2.20 bits per heavy atom. The predicted molar refractivity (Wildman–Crippen MR) is 33.9 cm³/mol. The van der Waals surface area contributed by atoms with Gasteiger partial charge in [0.2, 0.25) is 0 Å². The molecule has 0 aliphatic carbocycles. The van der Waals surface area contributed by atoms with Gasteiger partial charge in [-0.05, 0) is 12.8 Å². The zero-order valence-electron chi connectivity index (χ0n) is 5.28. The van der Waals surface area contributed by atoms with Crippen molar-refractivity contribution in [1.29, 1.82) is 0 Å². The van der Waals surface area contributed by atoms with Crippen LogP contribution in [0.3, 0.4) is 0 Å². The van der Waals surface area contributed by atoms with Gasteiger partial charge in [-0.25, -0.2) is 4.79 Å². The summed E-state index contributed by atoms with van der Waals surface area (Å²) in [5.41, 5.74) is 0. The molecule has 1 heterocycles. The predicted octanol–water partition coefficient (Wildman–Crippen LogP) is 0.669. The van der Waals surface area contributed by atoms with Gasteiger partial charge in [0.25, 0.3) is 0 Å². The molecular weight excluding hydrogens is 196 g/mol. The van der Waals surface area contributed by atoms with Gasteiger partial charge in [-0.15, -0.1) is 12.4 Å². The maximum Gasteiger partial charge on any atom is 0.332 e. The van der Waals surface area contributed by atoms with Crippen molar-refractivity contribution in [2.75, 3.05) is 6.61 Å². The van der Waals surface area contributed by atoms with E-state index < -0.39 is 12.1 Å². The Morgan fingerprint density at radius 3 is 2.40 bits per heavy atom. The van der Waals surface area contributed by atoms with Crippen LogP contribution in [0.2, 0.25) is 0 Å². The topological polar surface area (TPSA) is 46.5 Å². The summed E-state index contributed by atoms with van der Waals surface area (Å²) in [4.78, 5) is 10.1. The minimum Gasteiger partial charge on any atom is -0.479 e. The van der Waals surface area contributed by atoms with Crippen molar-refractivity contribution in [3.63, 3.8) is 0 Å². The Hall–Kier alpha value is 0.252. The van der Waals surface area contributed by atoms with Crippen molar-refractivity contribution in [3.8, 4) is 0 Å². The molecule has 1 unspecified atom stereocenters. The summed E-state index contributed by atoms with van der Waals surface area (Å²) >= 11 is 0. The van der Waals surface area contributed by atoms with Crippen molar-refractivity contribution in [1.82, 2.24) is 0 Å². The van der Waals surface area contributed by atoms with Crippen LogP contribution in [-0.2, 0) is 26.9 Å². The van der Waals surface area contributed by atoms with Gasteiger partial charge in [0, 0.05) is 24.0 Å². The van der Waals surface area contributed by atoms with Crippen molar-refractivity contribution >= 4 is 18.4 Å². The molecule has 5 heteroatoms. The number of ether oxygens (including phenoxy) is 1. The van der Waals surface area contributed by atoms with E-state index in [-0.39, 0.29) is 29.8 Å². The average molecular weight is 205 g/mol. The van der Waals surface area contributed by atoms with E-state index in [0.717, 1.165) is 6.42 Å². The quantitative estimate of drug-likeness (QED) is 0.683. The summed E-state index contributed by atoms with van der Waals surface area (Å²) in [6, 6.07) is 0. The average Bonchev–Trinajstić information content (AvgIpc) is 2.12. The first-order valence-corrected chi connectivity index (χ1v) is 2.65. The molecule has 1 atom stereocenters. The minimum atomic E-state index is -0.831. The number of hydrogen-bond donors (Lipinski definition) is 1. The molecule has 0 amide bonds. The van der Waals surface area contributed by atoms with E-state index in [1.54, 1.807) is 0 Å². The molecule has 1 aliphatic heterocycles. The first-order chi connectivity index (χ1) is 3.80. The van der Waals surface area contributed by atoms with Gasteiger partial charge in [-0.1, -0.05) is 0 Å². The van der Waals surface area contributed by atoms with Gasteiger partial charge in [0.15, 0.2) is 6.10 Å². The molecule has 0 saturated carbocycles. The van der Waals surface area contributed by atoms with Crippen LogP contribution in [0.25, 0.3) is 0 Å². The summed E-state index contributed by atoms with van der Waals surface area (Å²) in [5.74, 6) is -0.831. The number of rotatable bonds is 1. The van der Waals surface area contributed by atoms with E-state index in [9.17, 15) is 4.79 Å². The summed E-state index contributed by atoms with van der Waals surface area (Å²) in [6.45, 7) is 0.608. The molecule has 0 bridgehead atoms. The SMILES string of the molecule is Cl.O=C(O)C1CCCO1.[Cr]. The second-order valence-electron chi connectivity index (χ2n) is 1.84. The summed E-state index contributed by atoms with van der Waals surface area (Å²) in [6.07, 6.45) is 1.04. The number of hydrogen-bond acceptors (Lipinski definition) is 2. The van der Waals surface area contributed by atoms with E-state index in [1.807, 2.05) is 0 Å². The Balaban J connectivity index is 0. The molecule has 0 radical (unpaired) electrons. The maximum atomic E-state index is 10.1. The standard InChI is InChI=1S/C5H8O3.ClH.Cr/c6-5(7)4-2-1-3-8-4;;/h4H,1-3H2,(H,6,7);1H;. The van der Waals surface area contributed by atoms with E-state index >= 15 is 0 Å². The Bertz CT molecular complexity index is 103. The molecule has 0 aromatic rings. The number of carbonyl (C=O) groups is 1. The zero-order chi connectivity index (χ0) is 5.98. The van der Waals surface area contributed by atoms with Crippen molar-refractivity contribution in [2.45, 2.75) is 18.9 Å². The summed E-state index contributed by atoms with van der Waals surface area (Å²) in [7, 11) is 0. The normalized spacial score (nSPS) is 22.6. The third kappa shape index (κ3) is 3.43. The van der Waals surface area contributed by atoms with Gasteiger partial charge in [-0.2, -0.15) is 0 Å². The molecule has 1 saturated heterocycles. The largest absolute Gasteiger partial charge is 0.479 e. The fourth-order valence-electron chi connectivity index (χ4n) is 0.772. The van der Waals surface area contributed by atoms with Crippen LogP contribution in [0, 0.1) is 0 Å². The third-order valence-corrected chi connectivity index (χ3v) is 1.21. The third-order valence-electron chi connectivity index (χ3n) is 1.21. The van der Waals surface area contributed by atoms with Crippen molar-refractivity contribution in [2.24, 2.45) is 0 Å². The Kier molecular flexibility index (Phi) is 7.73. The number of halogens is 1. The second-order valence-corrected chi connectivity index (χ2v) is 1.84. The molecule has 3 nitrogen and oxygen atoms in total. The maximum absolute atomic E-state index is 10.1. The van der Waals surface area contributed by atoms with Gasteiger partial charge >= 0.3 is 5.97 Å². The van der Waals surface area contributed by atoms with E-state index in [2.05, 4.69) is 0 Å². The molecule has 1 aliphatic rings. The number of carboxylic acid groups (broad SMARTS) is 1. The van der Waals surface area contributed by atoms with Crippen LogP contribution < -0.4 is 0 Å². The van der Waals surface area contributed by atoms with E-state index in [0.29, 0.717) is 13.0 Å². The Morgan fingerprint density at radius 1 is 1.60 bits per heavy atom. The van der Waals surface area contributed by atoms with E-state index in [4.69, 9.17) is 9.84 Å². The number of carboxylic acids is 1. The summed E-state index contributed by atoms with van der Waals surface area (Å²) in [5, 5.41) is 8.29. The fourth-order valence-corrected chi connectivity index (χ4v) is 0.772. The molecule has 0 aromatic carbocycles. The number of aliphatic carboxylic acids is 1. The molecule has 1 rings (SSSR count). The molecule has 1 fully saturated rings.